The molecule has 1 saturated heterocycles. The molecule has 3 nitrogen and oxygen atoms in total. The van der Waals surface area contributed by atoms with Crippen molar-refractivity contribution in [1.29, 1.82) is 0 Å². The Morgan fingerprint density at radius 1 is 1.19 bits per heavy atom. The lowest BCUT2D eigenvalue weighted by Crippen LogP contribution is -2.49. The highest BCUT2D eigenvalue weighted by Gasteiger charge is 2.47. The molecule has 0 radical (unpaired) electrons. The molecule has 21 heavy (non-hydrogen) atoms. The van der Waals surface area contributed by atoms with Crippen molar-refractivity contribution >= 4 is 29.3 Å². The molecule has 1 N–H and O–H groups in total. The van der Waals surface area contributed by atoms with Gasteiger partial charge in [0.1, 0.15) is 6.04 Å². The van der Waals surface area contributed by atoms with Crippen LogP contribution in [0.5, 0.6) is 0 Å². The van der Waals surface area contributed by atoms with Gasteiger partial charge in [-0.15, -0.1) is 12.4 Å². The molecule has 1 heterocycles. The number of hydrogen-bond acceptors (Lipinski definition) is 2. The molecule has 0 aromatic heterocycles. The second kappa shape index (κ2) is 5.48. The van der Waals surface area contributed by atoms with Crippen molar-refractivity contribution in [3.8, 4) is 0 Å². The van der Waals surface area contributed by atoms with Gasteiger partial charge in [0.15, 0.2) is 6.61 Å². The largest absolute Gasteiger partial charge is 0.443 e. The zero-order valence-electron chi connectivity index (χ0n) is 11.2. The molecule has 0 unspecified atom stereocenters. The molecule has 6 heteroatoms. The van der Waals surface area contributed by atoms with E-state index in [1.807, 2.05) is 19.1 Å². The van der Waals surface area contributed by atoms with Gasteiger partial charge in [0, 0.05) is 0 Å². The van der Waals surface area contributed by atoms with Gasteiger partial charge < -0.3 is 10.1 Å². The van der Waals surface area contributed by atoms with Crippen LogP contribution in [0.3, 0.4) is 0 Å². The predicted molar refractivity (Wildman–Crippen MR) is 78.1 cm³/mol. The summed E-state index contributed by atoms with van der Waals surface area (Å²) >= 11 is 0. The Labute approximate surface area is 126 Å². The predicted octanol–water partition coefficient (Wildman–Crippen LogP) is 3.99. The van der Waals surface area contributed by atoms with Gasteiger partial charge in [-0.05, 0) is 28.8 Å². The second-order valence-corrected chi connectivity index (χ2v) is 4.93. The Bertz CT molecular complexity index is 690. The van der Waals surface area contributed by atoms with E-state index in [4.69, 9.17) is 0 Å². The number of fused-ring (bicyclic) bond motifs is 1. The first-order chi connectivity index (χ1) is 9.49. The van der Waals surface area contributed by atoms with Gasteiger partial charge in [-0.1, -0.05) is 36.4 Å². The van der Waals surface area contributed by atoms with Crippen LogP contribution in [0.25, 0.3) is 10.8 Å². The number of nitrogens with one attached hydrogen (secondary N) is 1. The van der Waals surface area contributed by atoms with Crippen LogP contribution in [0.1, 0.15) is 17.2 Å². The zero-order valence-corrected chi connectivity index (χ0v) is 12.0. The monoisotopic (exact) mass is 313 g/mol. The number of rotatable bonds is 1. The zero-order chi connectivity index (χ0) is 14.3. The molecule has 112 valence electrons. The minimum absolute atomic E-state index is 0. The highest BCUT2D eigenvalue weighted by molar-refractivity contribution is 5.89. The number of alkyl carbamates (subject to hydrolysis) is 1. The molecule has 1 fully saturated rings. The maximum Gasteiger partial charge on any atom is 0.408 e. The van der Waals surface area contributed by atoms with Crippen molar-refractivity contribution in [3.63, 3.8) is 0 Å². The van der Waals surface area contributed by atoms with Crippen molar-refractivity contribution < 1.29 is 18.3 Å². The van der Waals surface area contributed by atoms with E-state index in [9.17, 15) is 13.6 Å². The Kier molecular flexibility index (Phi) is 4.05. The van der Waals surface area contributed by atoms with E-state index in [-0.39, 0.29) is 12.4 Å². The summed E-state index contributed by atoms with van der Waals surface area (Å²) in [6.45, 7) is 1.03. The van der Waals surface area contributed by atoms with E-state index in [0.717, 1.165) is 16.3 Å². The average molecular weight is 314 g/mol. The third-order valence-electron chi connectivity index (χ3n) is 3.57. The van der Waals surface area contributed by atoms with Crippen molar-refractivity contribution in [2.75, 3.05) is 6.61 Å². The summed E-state index contributed by atoms with van der Waals surface area (Å²) in [5.41, 5.74) is 1.42. The SMILES string of the molecule is Cc1ccc([C@@H]2NC(=O)OCC2(F)F)c2ccccc12.Cl. The number of hydrogen-bond donors (Lipinski definition) is 1. The van der Waals surface area contributed by atoms with Gasteiger partial charge in [0.05, 0.1) is 0 Å². The second-order valence-electron chi connectivity index (χ2n) is 4.93. The highest BCUT2D eigenvalue weighted by atomic mass is 35.5. The van der Waals surface area contributed by atoms with Crippen LogP contribution >= 0.6 is 12.4 Å². The summed E-state index contributed by atoms with van der Waals surface area (Å²) in [6.07, 6.45) is -0.814. The smallest absolute Gasteiger partial charge is 0.408 e. The lowest BCUT2D eigenvalue weighted by atomic mass is 9.92. The number of cyclic esters (lactones) is 1. The summed E-state index contributed by atoms with van der Waals surface area (Å²) < 4.78 is 32.4. The summed E-state index contributed by atoms with van der Waals surface area (Å²) in [7, 11) is 0. The standard InChI is InChI=1S/C15H13F2NO2.ClH/c1-9-6-7-12(11-5-3-2-4-10(9)11)13-15(16,17)8-20-14(19)18-13;/h2-7,13H,8H2,1H3,(H,18,19);1H/t13-;/m0./s1. The molecule has 0 saturated carbocycles. The van der Waals surface area contributed by atoms with Crippen LogP contribution in [-0.4, -0.2) is 18.6 Å². The van der Waals surface area contributed by atoms with Crippen LogP contribution < -0.4 is 5.32 Å². The summed E-state index contributed by atoms with van der Waals surface area (Å²) in [6, 6.07) is 9.39. The lowest BCUT2D eigenvalue weighted by molar-refractivity contribution is -0.103. The maximum atomic E-state index is 14.0. The van der Waals surface area contributed by atoms with Gasteiger partial charge in [-0.3, -0.25) is 0 Å². The van der Waals surface area contributed by atoms with E-state index >= 15 is 0 Å². The molecule has 1 atom stereocenters. The van der Waals surface area contributed by atoms with E-state index < -0.39 is 24.7 Å². The molecule has 2 aromatic rings. The Balaban J connectivity index is 0.00000161. The van der Waals surface area contributed by atoms with Gasteiger partial charge in [-0.2, -0.15) is 0 Å². The van der Waals surface area contributed by atoms with Crippen LogP contribution in [0.15, 0.2) is 36.4 Å². The number of alkyl halides is 2. The molecule has 1 amide bonds. The Morgan fingerprint density at radius 3 is 2.57 bits per heavy atom. The highest BCUT2D eigenvalue weighted by Crippen LogP contribution is 2.38. The summed E-state index contributed by atoms with van der Waals surface area (Å²) in [5, 5.41) is 3.85. The number of ether oxygens (including phenoxy) is 1. The lowest BCUT2D eigenvalue weighted by Gasteiger charge is -2.32. The molecule has 1 aliphatic heterocycles. The van der Waals surface area contributed by atoms with Crippen molar-refractivity contribution in [2.24, 2.45) is 0 Å². The molecule has 0 bridgehead atoms. The fraction of sp³-hybridized carbons (Fsp3) is 0.267. The molecular formula is C15H14ClF2NO2. The third-order valence-corrected chi connectivity index (χ3v) is 3.57. The van der Waals surface area contributed by atoms with Crippen molar-refractivity contribution in [3.05, 3.63) is 47.5 Å². The quantitative estimate of drug-likeness (QED) is 0.864. The van der Waals surface area contributed by atoms with E-state index in [1.54, 1.807) is 24.3 Å². The third kappa shape index (κ3) is 2.65. The molecule has 3 rings (SSSR count). The first-order valence-electron chi connectivity index (χ1n) is 6.28. The average Bonchev–Trinajstić information content (AvgIpc) is 2.43. The number of carbonyl (C=O) groups is 1. The van der Waals surface area contributed by atoms with Crippen LogP contribution in [0.4, 0.5) is 13.6 Å². The van der Waals surface area contributed by atoms with Crippen LogP contribution in [0, 0.1) is 6.92 Å². The molecule has 0 aliphatic carbocycles. The fourth-order valence-electron chi connectivity index (χ4n) is 2.54. The maximum absolute atomic E-state index is 14.0. The Hall–Kier alpha value is -1.88. The number of amides is 1. The Morgan fingerprint density at radius 2 is 1.86 bits per heavy atom. The van der Waals surface area contributed by atoms with Gasteiger partial charge in [-0.25, -0.2) is 13.6 Å². The minimum atomic E-state index is -3.13. The number of benzene rings is 2. The summed E-state index contributed by atoms with van der Waals surface area (Å²) in [4.78, 5) is 11.3. The molecule has 2 aromatic carbocycles. The first kappa shape index (κ1) is 15.5. The van der Waals surface area contributed by atoms with Gasteiger partial charge in [0.25, 0.3) is 0 Å². The van der Waals surface area contributed by atoms with Gasteiger partial charge in [0.2, 0.25) is 0 Å². The van der Waals surface area contributed by atoms with Crippen LogP contribution in [0.2, 0.25) is 0 Å². The van der Waals surface area contributed by atoms with E-state index in [0.29, 0.717) is 5.56 Å². The number of carbonyl (C=O) groups excluding carboxylic acids is 1. The van der Waals surface area contributed by atoms with Gasteiger partial charge >= 0.3 is 12.0 Å². The van der Waals surface area contributed by atoms with Crippen LogP contribution in [-0.2, 0) is 4.74 Å². The van der Waals surface area contributed by atoms with E-state index in [2.05, 4.69) is 10.1 Å². The summed E-state index contributed by atoms with van der Waals surface area (Å²) in [5.74, 6) is -3.13. The molecular weight excluding hydrogens is 300 g/mol. The molecule has 1 aliphatic rings. The number of aryl methyl sites for hydroxylation is 1. The fourth-order valence-corrected chi connectivity index (χ4v) is 2.54. The normalized spacial score (nSPS) is 20.3. The molecule has 0 spiro atoms. The first-order valence-corrected chi connectivity index (χ1v) is 6.28. The van der Waals surface area contributed by atoms with Crippen molar-refractivity contribution in [2.45, 2.75) is 18.9 Å². The topological polar surface area (TPSA) is 38.3 Å². The number of halogens is 3. The van der Waals surface area contributed by atoms with E-state index in [1.165, 1.54) is 0 Å². The minimum Gasteiger partial charge on any atom is -0.443 e. The van der Waals surface area contributed by atoms with Crippen molar-refractivity contribution in [1.82, 2.24) is 5.32 Å².